The van der Waals surface area contributed by atoms with Crippen molar-refractivity contribution in [1.82, 2.24) is 4.73 Å². The molecule has 7 nitrogen and oxygen atoms in total. The highest BCUT2D eigenvalue weighted by atomic mass is 32.2. The number of sulfone groups is 1. The fourth-order valence-electron chi connectivity index (χ4n) is 2.66. The lowest BCUT2D eigenvalue weighted by atomic mass is 10.2. The Kier molecular flexibility index (Phi) is 4.41. The molecular formula is C17H15FN2O5S. The average Bonchev–Trinajstić information content (AvgIpc) is 2.62. The maximum absolute atomic E-state index is 14.0. The second-order valence-electron chi connectivity index (χ2n) is 5.50. The van der Waals surface area contributed by atoms with Gasteiger partial charge in [0, 0.05) is 11.0 Å². The summed E-state index contributed by atoms with van der Waals surface area (Å²) in [7, 11) is -4.25. The second-order valence-corrected chi connectivity index (χ2v) is 7.37. The Morgan fingerprint density at radius 3 is 2.50 bits per heavy atom. The smallest absolute Gasteiger partial charge is 0.376 e. The second kappa shape index (κ2) is 6.41. The molecule has 0 radical (unpaired) electrons. The molecule has 0 saturated carbocycles. The van der Waals surface area contributed by atoms with E-state index in [2.05, 4.69) is 0 Å². The highest BCUT2D eigenvalue weighted by molar-refractivity contribution is 7.91. The van der Waals surface area contributed by atoms with E-state index in [-0.39, 0.29) is 43.1 Å². The highest BCUT2D eigenvalue weighted by Gasteiger charge is 2.34. The zero-order valence-corrected chi connectivity index (χ0v) is 14.8. The SMILES string of the molecule is CCOc1cc2c(cc1F)n([O-])c(C)c(S(=O)(=O)c1ccccc1)[n+]2=O. The van der Waals surface area contributed by atoms with Crippen LogP contribution in [0.15, 0.2) is 52.4 Å². The lowest BCUT2D eigenvalue weighted by Gasteiger charge is -2.17. The third-order valence-corrected chi connectivity index (χ3v) is 5.74. The number of nitrogens with zero attached hydrogens (tertiary/aromatic N) is 2. The van der Waals surface area contributed by atoms with Gasteiger partial charge in [0.25, 0.3) is 15.4 Å². The van der Waals surface area contributed by atoms with Crippen LogP contribution in [0.25, 0.3) is 11.0 Å². The molecule has 0 fully saturated rings. The van der Waals surface area contributed by atoms with E-state index in [1.807, 2.05) is 0 Å². The van der Waals surface area contributed by atoms with Crippen LogP contribution >= 0.6 is 0 Å². The summed E-state index contributed by atoms with van der Waals surface area (Å²) in [6.07, 6.45) is 0. The lowest BCUT2D eigenvalue weighted by Crippen LogP contribution is -2.30. The van der Waals surface area contributed by atoms with Crippen molar-refractivity contribution in [3.05, 3.63) is 64.1 Å². The first-order valence-corrected chi connectivity index (χ1v) is 9.19. The largest absolute Gasteiger partial charge is 0.805 e. The first-order valence-electron chi connectivity index (χ1n) is 7.71. The van der Waals surface area contributed by atoms with Crippen LogP contribution in [-0.4, -0.2) is 19.8 Å². The number of ether oxygens (including phenoxy) is 1. The molecule has 0 N–H and O–H groups in total. The van der Waals surface area contributed by atoms with E-state index in [4.69, 9.17) is 4.74 Å². The molecule has 3 aromatic rings. The summed E-state index contributed by atoms with van der Waals surface area (Å²) in [6.45, 7) is 2.97. The van der Waals surface area contributed by atoms with Crippen molar-refractivity contribution in [2.24, 2.45) is 0 Å². The molecule has 3 rings (SSSR count). The number of aromatic nitrogens is 2. The fraction of sp³-hybridized carbons (Fsp3) is 0.176. The highest BCUT2D eigenvalue weighted by Crippen LogP contribution is 2.27. The summed E-state index contributed by atoms with van der Waals surface area (Å²) < 4.78 is 45.2. The predicted molar refractivity (Wildman–Crippen MR) is 91.8 cm³/mol. The van der Waals surface area contributed by atoms with E-state index in [1.54, 1.807) is 13.0 Å². The Morgan fingerprint density at radius 2 is 1.88 bits per heavy atom. The van der Waals surface area contributed by atoms with Gasteiger partial charge in [0.05, 0.1) is 22.0 Å². The van der Waals surface area contributed by atoms with E-state index in [0.29, 0.717) is 0 Å². The minimum Gasteiger partial charge on any atom is -0.805 e. The van der Waals surface area contributed by atoms with Crippen molar-refractivity contribution in [1.29, 1.82) is 0 Å². The molecule has 136 valence electrons. The van der Waals surface area contributed by atoms with Gasteiger partial charge < -0.3 is 14.7 Å². The molecule has 0 atom stereocenters. The number of fused-ring (bicyclic) bond motifs is 1. The number of rotatable bonds is 4. The zero-order chi connectivity index (χ0) is 19.1. The zero-order valence-electron chi connectivity index (χ0n) is 14.0. The Bertz CT molecular complexity index is 1160. The van der Waals surface area contributed by atoms with E-state index >= 15 is 0 Å². The monoisotopic (exact) mass is 378 g/mol. The van der Waals surface area contributed by atoms with Gasteiger partial charge in [-0.05, 0) is 26.0 Å². The van der Waals surface area contributed by atoms with Gasteiger partial charge in [0.15, 0.2) is 11.6 Å². The third kappa shape index (κ3) is 2.70. The predicted octanol–water partition coefficient (Wildman–Crippen LogP) is 2.58. The summed E-state index contributed by atoms with van der Waals surface area (Å²) in [5.74, 6) is -1.06. The van der Waals surface area contributed by atoms with Gasteiger partial charge in [-0.2, -0.15) is 0 Å². The third-order valence-electron chi connectivity index (χ3n) is 3.87. The van der Waals surface area contributed by atoms with Crippen molar-refractivity contribution in [3.8, 4) is 5.75 Å². The van der Waals surface area contributed by atoms with Crippen LogP contribution < -0.4 is 9.16 Å². The molecule has 0 spiro atoms. The minimum absolute atomic E-state index is 0.126. The van der Waals surface area contributed by atoms with E-state index in [1.165, 1.54) is 31.2 Å². The molecule has 0 amide bonds. The van der Waals surface area contributed by atoms with Crippen LogP contribution in [0.2, 0.25) is 0 Å². The van der Waals surface area contributed by atoms with Crippen LogP contribution in [0.5, 0.6) is 5.75 Å². The van der Waals surface area contributed by atoms with Gasteiger partial charge in [-0.3, -0.25) is 0 Å². The Balaban J connectivity index is 2.41. The van der Waals surface area contributed by atoms with Crippen LogP contribution in [0.4, 0.5) is 4.39 Å². The van der Waals surface area contributed by atoms with Crippen molar-refractivity contribution in [2.75, 3.05) is 6.61 Å². The molecule has 0 aliphatic rings. The number of hydrogen-bond donors (Lipinski definition) is 0. The summed E-state index contributed by atoms with van der Waals surface area (Å²) in [5, 5.41) is 11.8. The Morgan fingerprint density at radius 1 is 1.23 bits per heavy atom. The quantitative estimate of drug-likeness (QED) is 0.651. The van der Waals surface area contributed by atoms with Crippen LogP contribution in [0.1, 0.15) is 12.6 Å². The van der Waals surface area contributed by atoms with Crippen molar-refractivity contribution < 1.29 is 22.0 Å². The summed E-state index contributed by atoms with van der Waals surface area (Å²) in [5.41, 5.74) is -0.935. The number of hydrogen-bond acceptors (Lipinski definition) is 5. The van der Waals surface area contributed by atoms with Crippen LogP contribution in [0, 0.1) is 22.9 Å². The molecule has 26 heavy (non-hydrogen) atoms. The summed E-state index contributed by atoms with van der Waals surface area (Å²) in [6, 6.07) is 9.17. The van der Waals surface area contributed by atoms with Crippen molar-refractivity contribution in [3.63, 3.8) is 0 Å². The van der Waals surface area contributed by atoms with E-state index in [0.717, 1.165) is 12.1 Å². The van der Waals surface area contributed by atoms with Gasteiger partial charge in [0.1, 0.15) is 11.2 Å². The average molecular weight is 378 g/mol. The standard InChI is InChI=1S/C17H15FN2O5S/c1-3-25-16-10-15-14(9-13(16)18)19(21)11(2)17(20(15)22)26(23,24)12-7-5-4-6-8-12/h4-10H,3H2,1-2H3. The first kappa shape index (κ1) is 17.9. The Hall–Kier alpha value is -2.94. The molecule has 0 bridgehead atoms. The molecule has 2 aromatic carbocycles. The van der Waals surface area contributed by atoms with Gasteiger partial charge in [0.2, 0.25) is 0 Å². The molecule has 0 aliphatic heterocycles. The number of halogens is 1. The number of benzene rings is 2. The summed E-state index contributed by atoms with van der Waals surface area (Å²) >= 11 is 0. The maximum atomic E-state index is 14.0. The minimum atomic E-state index is -4.25. The molecule has 0 unspecified atom stereocenters. The topological polar surface area (TPSA) is 94.3 Å². The van der Waals surface area contributed by atoms with Crippen molar-refractivity contribution >= 4 is 20.9 Å². The summed E-state index contributed by atoms with van der Waals surface area (Å²) in [4.78, 5) is 12.7. The van der Waals surface area contributed by atoms with Crippen molar-refractivity contribution in [2.45, 2.75) is 23.8 Å². The molecule has 0 aliphatic carbocycles. The molecule has 1 heterocycles. The fourth-order valence-corrected chi connectivity index (χ4v) is 4.19. The van der Waals surface area contributed by atoms with Gasteiger partial charge in [-0.1, -0.05) is 18.2 Å². The van der Waals surface area contributed by atoms with Gasteiger partial charge in [-0.15, -0.1) is 0 Å². The van der Waals surface area contributed by atoms with Crippen LogP contribution in [0.3, 0.4) is 0 Å². The maximum Gasteiger partial charge on any atom is 0.376 e. The molecule has 9 heteroatoms. The first-order chi connectivity index (χ1) is 12.3. The Labute approximate surface area is 148 Å². The van der Waals surface area contributed by atoms with Gasteiger partial charge >= 0.3 is 5.03 Å². The molecule has 1 aromatic heterocycles. The molecular weight excluding hydrogens is 363 g/mol. The van der Waals surface area contributed by atoms with E-state index < -0.39 is 20.7 Å². The molecule has 0 saturated heterocycles. The lowest BCUT2D eigenvalue weighted by molar-refractivity contribution is -0.512. The van der Waals surface area contributed by atoms with Gasteiger partial charge in [-0.25, -0.2) is 12.8 Å². The normalized spacial score (nSPS) is 11.7. The van der Waals surface area contributed by atoms with Crippen LogP contribution in [-0.2, 0) is 9.84 Å². The van der Waals surface area contributed by atoms with E-state index in [9.17, 15) is 22.9 Å².